The minimum absolute atomic E-state index is 0. The van der Waals surface area contributed by atoms with Crippen molar-refractivity contribution in [2.75, 3.05) is 18.0 Å². The van der Waals surface area contributed by atoms with Crippen LogP contribution in [0.1, 0.15) is 44.3 Å². The number of primary amides is 1. The quantitative estimate of drug-likeness (QED) is 0.823. The molecule has 1 aromatic heterocycles. The van der Waals surface area contributed by atoms with E-state index in [1.54, 1.807) is 0 Å². The first kappa shape index (κ1) is 20.2. The monoisotopic (exact) mass is 409 g/mol. The van der Waals surface area contributed by atoms with Gasteiger partial charge in [0.1, 0.15) is 0 Å². The Bertz CT molecular complexity index is 663. The Morgan fingerprint density at radius 1 is 1.07 bits per heavy atom. The van der Waals surface area contributed by atoms with E-state index in [-0.39, 0.29) is 42.3 Å². The minimum atomic E-state index is -4.59. The van der Waals surface area contributed by atoms with Crippen LogP contribution in [0.3, 0.4) is 0 Å². The molecule has 27 heavy (non-hydrogen) atoms. The summed E-state index contributed by atoms with van der Waals surface area (Å²) in [7, 11) is 0. The van der Waals surface area contributed by atoms with Crippen LogP contribution in [-0.4, -0.2) is 52.2 Å². The number of anilines is 1. The molecule has 3 fully saturated rings. The van der Waals surface area contributed by atoms with Crippen molar-refractivity contribution in [3.8, 4) is 0 Å². The van der Waals surface area contributed by atoms with Crippen molar-refractivity contribution in [3.63, 3.8) is 0 Å². The zero-order valence-corrected chi connectivity index (χ0v) is 15.5. The van der Waals surface area contributed by atoms with Crippen LogP contribution in [0, 0.1) is 5.92 Å². The Labute approximate surface area is 160 Å². The highest BCUT2D eigenvalue weighted by Crippen LogP contribution is 2.41. The van der Waals surface area contributed by atoms with Gasteiger partial charge in [-0.05, 0) is 56.8 Å². The highest BCUT2D eigenvalue weighted by Gasteiger charge is 2.46. The molecule has 1 aromatic rings. The normalized spacial score (nSPS) is 29.6. The van der Waals surface area contributed by atoms with Gasteiger partial charge in [-0.2, -0.15) is 18.2 Å². The van der Waals surface area contributed by atoms with Gasteiger partial charge in [0, 0.05) is 24.0 Å². The lowest BCUT2D eigenvalue weighted by Gasteiger charge is -2.44. The van der Waals surface area contributed by atoms with Gasteiger partial charge in [0.15, 0.2) is 0 Å². The van der Waals surface area contributed by atoms with Crippen molar-refractivity contribution in [2.45, 2.75) is 62.8 Å². The van der Waals surface area contributed by atoms with Crippen molar-refractivity contribution >= 4 is 24.3 Å². The summed E-state index contributed by atoms with van der Waals surface area (Å²) in [5.41, 5.74) is 5.39. The molecule has 4 rings (SSSR count). The van der Waals surface area contributed by atoms with Gasteiger partial charge in [-0.1, -0.05) is 0 Å². The summed E-state index contributed by atoms with van der Waals surface area (Å²) in [5.74, 6) is -1.49. The Hall–Kier alpha value is -1.55. The average Bonchev–Trinajstić information content (AvgIpc) is 3.17. The number of fused-ring (bicyclic) bond motifs is 2. The fourth-order valence-corrected chi connectivity index (χ4v) is 4.74. The molecule has 2 N–H and O–H groups in total. The molecule has 152 valence electrons. The van der Waals surface area contributed by atoms with Crippen LogP contribution >= 0.6 is 12.4 Å². The van der Waals surface area contributed by atoms with E-state index in [2.05, 4.69) is 15.0 Å². The molecule has 2 bridgehead atoms. The van der Waals surface area contributed by atoms with Crippen molar-refractivity contribution in [2.24, 2.45) is 11.7 Å². The molecule has 1 unspecified atom stereocenters. The Morgan fingerprint density at radius 2 is 1.67 bits per heavy atom. The van der Waals surface area contributed by atoms with Crippen LogP contribution < -0.4 is 10.6 Å². The predicted molar refractivity (Wildman–Crippen MR) is 92.4 cm³/mol. The number of halogens is 4. The number of nitrogens with zero attached hydrogens (tertiary/aromatic N) is 4. The molecular weight excluding hydrogens is 387 g/mol. The number of aromatic nitrogens is 2. The smallest absolute Gasteiger partial charge is 0.369 e. The highest BCUT2D eigenvalue weighted by molar-refractivity contribution is 5.85. The van der Waals surface area contributed by atoms with Crippen LogP contribution in [0.4, 0.5) is 19.2 Å². The molecule has 1 amide bonds. The van der Waals surface area contributed by atoms with Gasteiger partial charge in [-0.3, -0.25) is 4.79 Å². The predicted octanol–water partition coefficient (Wildman–Crippen LogP) is 2.21. The van der Waals surface area contributed by atoms with E-state index in [1.165, 1.54) is 0 Å². The fraction of sp³-hybridized carbons (Fsp3) is 0.812. The molecule has 0 aromatic carbocycles. The van der Waals surface area contributed by atoms with Crippen LogP contribution in [0.5, 0.6) is 0 Å². The number of piperidine rings is 2. The van der Waals surface area contributed by atoms with Gasteiger partial charge >= 0.3 is 12.2 Å². The minimum Gasteiger partial charge on any atom is -0.369 e. The van der Waals surface area contributed by atoms with Crippen molar-refractivity contribution in [3.05, 3.63) is 5.82 Å². The topological polar surface area (TPSA) is 88.5 Å². The molecule has 3 aliphatic rings. The third kappa shape index (κ3) is 3.87. The molecule has 3 aliphatic heterocycles. The Kier molecular flexibility index (Phi) is 5.58. The lowest BCUT2D eigenvalue weighted by Crippen LogP contribution is -2.53. The maximum absolute atomic E-state index is 12.7. The average molecular weight is 410 g/mol. The summed E-state index contributed by atoms with van der Waals surface area (Å²) < 4.78 is 43.1. The second-order valence-electron chi connectivity index (χ2n) is 7.53. The molecule has 3 atom stereocenters. The van der Waals surface area contributed by atoms with E-state index in [4.69, 9.17) is 10.3 Å². The number of alkyl halides is 3. The van der Waals surface area contributed by atoms with E-state index in [0.717, 1.165) is 51.6 Å². The maximum atomic E-state index is 12.7. The Morgan fingerprint density at radius 3 is 2.15 bits per heavy atom. The second-order valence-corrected chi connectivity index (χ2v) is 7.53. The SMILES string of the molecule is Cl.NC(=O)C1CCN(C2C[C@H]3CC[C@@H](C2)N3c2nc(C(F)(F)F)no2)CC1. The molecule has 0 radical (unpaired) electrons. The molecule has 7 nitrogen and oxygen atoms in total. The number of nitrogens with two attached hydrogens (primary N) is 1. The highest BCUT2D eigenvalue weighted by atomic mass is 35.5. The summed E-state index contributed by atoms with van der Waals surface area (Å²) in [6, 6.07) is 0.599. The number of hydrogen-bond acceptors (Lipinski definition) is 6. The third-order valence-electron chi connectivity index (χ3n) is 6.05. The molecule has 3 saturated heterocycles. The number of carbonyl (C=O) groups excluding carboxylic acids is 1. The first-order chi connectivity index (χ1) is 12.3. The maximum Gasteiger partial charge on any atom is 0.455 e. The second kappa shape index (κ2) is 7.46. The molecular formula is C16H23ClF3N5O2. The first-order valence-corrected chi connectivity index (χ1v) is 9.05. The van der Waals surface area contributed by atoms with Crippen LogP contribution in [0.25, 0.3) is 0 Å². The van der Waals surface area contributed by atoms with Crippen LogP contribution in [-0.2, 0) is 11.0 Å². The van der Waals surface area contributed by atoms with Gasteiger partial charge in [0.25, 0.3) is 5.82 Å². The number of hydrogen-bond donors (Lipinski definition) is 1. The standard InChI is InChI=1S/C16H22F3N5O2.ClH/c17-16(18,19)14-21-15(26-22-14)24-10-1-2-11(24)8-12(7-10)23-5-3-9(4-6-23)13(20)25;/h9-12H,1-8H2,(H2,20,25);1H/t10-,11+,12?;. The summed E-state index contributed by atoms with van der Waals surface area (Å²) in [4.78, 5) is 19.2. The van der Waals surface area contributed by atoms with E-state index in [9.17, 15) is 18.0 Å². The van der Waals surface area contributed by atoms with Crippen molar-refractivity contribution < 1.29 is 22.5 Å². The lowest BCUT2D eigenvalue weighted by atomic mass is 9.91. The fourth-order valence-electron chi connectivity index (χ4n) is 4.74. The largest absolute Gasteiger partial charge is 0.455 e. The van der Waals surface area contributed by atoms with Crippen LogP contribution in [0.2, 0.25) is 0 Å². The lowest BCUT2D eigenvalue weighted by molar-refractivity contribution is -0.146. The summed E-state index contributed by atoms with van der Waals surface area (Å²) in [6.45, 7) is 1.69. The molecule has 4 heterocycles. The van der Waals surface area contributed by atoms with E-state index >= 15 is 0 Å². The van der Waals surface area contributed by atoms with Gasteiger partial charge in [0.2, 0.25) is 5.91 Å². The summed E-state index contributed by atoms with van der Waals surface area (Å²) in [5, 5.41) is 3.09. The number of rotatable bonds is 3. The number of carbonyl (C=O) groups is 1. The zero-order chi connectivity index (χ0) is 18.5. The summed E-state index contributed by atoms with van der Waals surface area (Å²) >= 11 is 0. The van der Waals surface area contributed by atoms with Crippen molar-refractivity contribution in [1.29, 1.82) is 0 Å². The number of likely N-dealkylation sites (tertiary alicyclic amines) is 1. The zero-order valence-electron chi connectivity index (χ0n) is 14.7. The number of amides is 1. The van der Waals surface area contributed by atoms with E-state index in [1.807, 2.05) is 4.90 Å². The Balaban J connectivity index is 0.00000210. The summed E-state index contributed by atoms with van der Waals surface area (Å²) in [6.07, 6.45) is 0.533. The molecule has 0 spiro atoms. The van der Waals surface area contributed by atoms with E-state index < -0.39 is 12.0 Å². The molecule has 0 aliphatic carbocycles. The van der Waals surface area contributed by atoms with Gasteiger partial charge < -0.3 is 20.1 Å². The van der Waals surface area contributed by atoms with Crippen LogP contribution in [0.15, 0.2) is 4.52 Å². The van der Waals surface area contributed by atoms with Gasteiger partial charge in [0.05, 0.1) is 0 Å². The first-order valence-electron chi connectivity index (χ1n) is 9.05. The van der Waals surface area contributed by atoms with E-state index in [0.29, 0.717) is 6.04 Å². The molecule has 0 saturated carbocycles. The molecule has 11 heteroatoms. The third-order valence-corrected chi connectivity index (χ3v) is 6.05. The van der Waals surface area contributed by atoms with Gasteiger partial charge in [-0.25, -0.2) is 0 Å². The van der Waals surface area contributed by atoms with Gasteiger partial charge in [-0.15, -0.1) is 12.4 Å². The van der Waals surface area contributed by atoms with Crippen molar-refractivity contribution in [1.82, 2.24) is 15.0 Å².